The lowest BCUT2D eigenvalue weighted by atomic mass is 10.1. The molecule has 282 valence electrons. The van der Waals surface area contributed by atoms with Gasteiger partial charge in [0, 0.05) is 36.4 Å². The number of nitrogens with zero attached hydrogens (tertiary/aromatic N) is 6. The van der Waals surface area contributed by atoms with Crippen molar-refractivity contribution in [3.8, 4) is 34.5 Å². The van der Waals surface area contributed by atoms with Gasteiger partial charge < -0.3 is 28.4 Å². The Morgan fingerprint density at radius 2 is 0.426 bits per heavy atom. The molecule has 7 rings (SSSR count). The summed E-state index contributed by atoms with van der Waals surface area (Å²) in [4.78, 5) is 31.2. The Kier molecular flexibility index (Phi) is 11.4. The normalized spacial score (nSPS) is 11.7. The lowest BCUT2D eigenvalue weighted by Gasteiger charge is -2.16. The highest BCUT2D eigenvalue weighted by Gasteiger charge is 2.22. The van der Waals surface area contributed by atoms with E-state index in [-0.39, 0.29) is 0 Å². The van der Waals surface area contributed by atoms with Crippen molar-refractivity contribution >= 4 is 66.2 Å². The summed E-state index contributed by atoms with van der Waals surface area (Å²) in [7, 11) is 0. The Morgan fingerprint density at radius 3 is 0.556 bits per heavy atom. The Labute approximate surface area is 314 Å². The molecule has 0 saturated heterocycles. The highest BCUT2D eigenvalue weighted by Crippen LogP contribution is 2.39. The molecule has 0 amide bonds. The van der Waals surface area contributed by atoms with E-state index in [0.29, 0.717) is 140 Å². The first kappa shape index (κ1) is 36.8. The second-order valence-corrected chi connectivity index (χ2v) is 13.2. The van der Waals surface area contributed by atoms with Gasteiger partial charge in [0.2, 0.25) is 0 Å². The van der Waals surface area contributed by atoms with Crippen molar-refractivity contribution in [2.24, 2.45) is 0 Å². The summed E-state index contributed by atoms with van der Waals surface area (Å²) in [5, 5.41) is 0. The second kappa shape index (κ2) is 16.7. The smallest absolute Gasteiger partial charge is 0.163 e. The SMILES string of the molecule is CCCOc1cc2nc3c4nc5cc(OCCC)c(OCCC)cc5nc4c4nc5cc(OCCC)c(OCCC)cc5nc4c3nc2cc1OCCC. The Hall–Kier alpha value is -5.52. The molecule has 0 atom stereocenters. The number of hydrogen-bond donors (Lipinski definition) is 0. The molecule has 3 aromatic heterocycles. The van der Waals surface area contributed by atoms with E-state index < -0.39 is 0 Å². The van der Waals surface area contributed by atoms with Crippen molar-refractivity contribution in [3.63, 3.8) is 0 Å². The maximum atomic E-state index is 6.13. The van der Waals surface area contributed by atoms with Crippen LogP contribution in [0.2, 0.25) is 0 Å². The molecule has 0 unspecified atom stereocenters. The van der Waals surface area contributed by atoms with E-state index in [2.05, 4.69) is 41.5 Å². The molecule has 0 N–H and O–H groups in total. The molecule has 3 heterocycles. The van der Waals surface area contributed by atoms with E-state index in [1.54, 1.807) is 0 Å². The van der Waals surface area contributed by atoms with Gasteiger partial charge in [-0.25, -0.2) is 29.9 Å². The van der Waals surface area contributed by atoms with Crippen LogP contribution >= 0.6 is 0 Å². The molecular weight excluding hydrogens is 684 g/mol. The molecule has 0 aliphatic heterocycles. The van der Waals surface area contributed by atoms with Gasteiger partial charge >= 0.3 is 0 Å². The molecular formula is C42H48N6O6. The molecule has 0 spiro atoms. The maximum absolute atomic E-state index is 6.13. The molecule has 7 aromatic rings. The average Bonchev–Trinajstić information content (AvgIpc) is 3.19. The fourth-order valence-electron chi connectivity index (χ4n) is 6.13. The van der Waals surface area contributed by atoms with E-state index >= 15 is 0 Å². The fourth-order valence-corrected chi connectivity index (χ4v) is 6.13. The molecule has 0 fully saturated rings. The molecule has 12 heteroatoms. The monoisotopic (exact) mass is 732 g/mol. The van der Waals surface area contributed by atoms with Crippen LogP contribution in [0.25, 0.3) is 66.2 Å². The van der Waals surface area contributed by atoms with Gasteiger partial charge in [0.25, 0.3) is 0 Å². The van der Waals surface area contributed by atoms with Crippen molar-refractivity contribution < 1.29 is 28.4 Å². The third kappa shape index (κ3) is 7.34. The van der Waals surface area contributed by atoms with E-state index in [1.807, 2.05) is 36.4 Å². The zero-order chi connectivity index (χ0) is 37.6. The van der Waals surface area contributed by atoms with Crippen LogP contribution in [-0.4, -0.2) is 69.5 Å². The Balaban J connectivity index is 1.57. The number of benzene rings is 4. The van der Waals surface area contributed by atoms with Gasteiger partial charge in [-0.1, -0.05) is 41.5 Å². The van der Waals surface area contributed by atoms with Crippen LogP contribution in [0.1, 0.15) is 80.1 Å². The van der Waals surface area contributed by atoms with Gasteiger partial charge in [-0.3, -0.25) is 0 Å². The zero-order valence-electron chi connectivity index (χ0n) is 32.1. The van der Waals surface area contributed by atoms with Gasteiger partial charge in [-0.2, -0.15) is 0 Å². The summed E-state index contributed by atoms with van der Waals surface area (Å²) in [5.41, 5.74) is 7.09. The molecule has 0 bridgehead atoms. The van der Waals surface area contributed by atoms with Crippen molar-refractivity contribution in [2.45, 2.75) is 80.1 Å². The van der Waals surface area contributed by atoms with Crippen molar-refractivity contribution in [3.05, 3.63) is 36.4 Å². The predicted octanol–water partition coefficient (Wildman–Crippen LogP) is 9.71. The largest absolute Gasteiger partial charge is 0.490 e. The summed E-state index contributed by atoms with van der Waals surface area (Å²) in [6.07, 6.45) is 5.13. The van der Waals surface area contributed by atoms with Crippen LogP contribution in [0.3, 0.4) is 0 Å². The summed E-state index contributed by atoms with van der Waals surface area (Å²) < 4.78 is 36.8. The van der Waals surface area contributed by atoms with Gasteiger partial charge in [0.05, 0.1) is 72.7 Å². The molecule has 4 aromatic carbocycles. The third-order valence-electron chi connectivity index (χ3n) is 8.63. The number of hydrogen-bond acceptors (Lipinski definition) is 12. The summed E-state index contributed by atoms with van der Waals surface area (Å²) in [5.74, 6) is 3.73. The van der Waals surface area contributed by atoms with Crippen molar-refractivity contribution in [1.29, 1.82) is 0 Å². The van der Waals surface area contributed by atoms with Crippen LogP contribution in [0.15, 0.2) is 36.4 Å². The molecule has 0 aliphatic rings. The molecule has 54 heavy (non-hydrogen) atoms. The zero-order valence-corrected chi connectivity index (χ0v) is 32.1. The van der Waals surface area contributed by atoms with E-state index in [1.165, 1.54) is 0 Å². The summed E-state index contributed by atoms with van der Waals surface area (Å²) in [6.45, 7) is 15.7. The fraction of sp³-hybridized carbons (Fsp3) is 0.429. The highest BCUT2D eigenvalue weighted by atomic mass is 16.5. The maximum Gasteiger partial charge on any atom is 0.163 e. The standard InChI is InChI=1S/C42H48N6O6/c1-7-13-49-31-19-25-26(20-32(31)50-14-8-2)44-38-37(43-25)39-41(47-28-22-34(52-16-10-4)33(51-15-9-3)21-27(28)45-39)42-40(38)46-29-23-35(53-17-11-5)36(54-18-12-6)24-30(29)48-42/h19-24H,7-18H2,1-6H3. The van der Waals surface area contributed by atoms with Gasteiger partial charge in [0.1, 0.15) is 33.1 Å². The number of fused-ring (bicyclic) bond motifs is 9. The van der Waals surface area contributed by atoms with Crippen LogP contribution in [0.5, 0.6) is 34.5 Å². The topological polar surface area (TPSA) is 133 Å². The summed E-state index contributed by atoms with van der Waals surface area (Å²) in [6, 6.07) is 11.3. The second-order valence-electron chi connectivity index (χ2n) is 13.2. The highest BCUT2D eigenvalue weighted by molar-refractivity contribution is 6.21. The minimum Gasteiger partial charge on any atom is -0.490 e. The number of ether oxygens (including phenoxy) is 6. The number of rotatable bonds is 18. The van der Waals surface area contributed by atoms with Gasteiger partial charge in [-0.15, -0.1) is 0 Å². The minimum atomic E-state index is 0.546. The lowest BCUT2D eigenvalue weighted by molar-refractivity contribution is 0.269. The molecule has 0 aliphatic carbocycles. The van der Waals surface area contributed by atoms with E-state index in [9.17, 15) is 0 Å². The minimum absolute atomic E-state index is 0.546. The van der Waals surface area contributed by atoms with Gasteiger partial charge in [-0.05, 0) is 38.5 Å². The molecule has 0 saturated carbocycles. The van der Waals surface area contributed by atoms with Crippen LogP contribution in [0, 0.1) is 0 Å². The van der Waals surface area contributed by atoms with Crippen LogP contribution in [0.4, 0.5) is 0 Å². The molecule has 12 nitrogen and oxygen atoms in total. The predicted molar refractivity (Wildman–Crippen MR) is 213 cm³/mol. The summed E-state index contributed by atoms with van der Waals surface area (Å²) >= 11 is 0. The lowest BCUT2D eigenvalue weighted by Crippen LogP contribution is -2.04. The van der Waals surface area contributed by atoms with E-state index in [4.69, 9.17) is 58.3 Å². The van der Waals surface area contributed by atoms with Crippen molar-refractivity contribution in [2.75, 3.05) is 39.6 Å². The first-order valence-electron chi connectivity index (χ1n) is 19.3. The Bertz CT molecular complexity index is 1990. The third-order valence-corrected chi connectivity index (χ3v) is 8.63. The molecule has 0 radical (unpaired) electrons. The van der Waals surface area contributed by atoms with Gasteiger partial charge in [0.15, 0.2) is 34.5 Å². The van der Waals surface area contributed by atoms with E-state index in [0.717, 1.165) is 38.5 Å². The first-order chi connectivity index (χ1) is 26.5. The first-order valence-corrected chi connectivity index (χ1v) is 19.3. The average molecular weight is 733 g/mol. The quantitative estimate of drug-likeness (QED) is 0.0614. The number of aromatic nitrogens is 6. The van der Waals surface area contributed by atoms with Crippen molar-refractivity contribution in [1.82, 2.24) is 29.9 Å². The van der Waals surface area contributed by atoms with Crippen LogP contribution in [-0.2, 0) is 0 Å². The van der Waals surface area contributed by atoms with Crippen LogP contribution < -0.4 is 28.4 Å². The Morgan fingerprint density at radius 1 is 0.278 bits per heavy atom.